The number of carbonyl (C=O) groups is 1. The number of hydrogen-bond donors (Lipinski definition) is 0. The highest BCUT2D eigenvalue weighted by Gasteiger charge is 2.60. The zero-order valence-corrected chi connectivity index (χ0v) is 12.9. The van der Waals surface area contributed by atoms with E-state index < -0.39 is 26.0 Å². The Bertz CT molecular complexity index is 335. The lowest BCUT2D eigenvalue weighted by molar-refractivity contribution is -0.244. The summed E-state index contributed by atoms with van der Waals surface area (Å²) < 4.78 is 45.1. The minimum absolute atomic E-state index is 0.388. The molecule has 0 N–H and O–H groups in total. The summed E-state index contributed by atoms with van der Waals surface area (Å²) >= 11 is 0. The fourth-order valence-electron chi connectivity index (χ4n) is 2.23. The Balaban J connectivity index is 2.99. The monoisotopic (exact) mass is 297 g/mol. The first-order valence-corrected chi connectivity index (χ1v) is 9.94. The maximum Gasteiger partial charge on any atom is 0.425 e. The van der Waals surface area contributed by atoms with Crippen molar-refractivity contribution in [3.63, 3.8) is 0 Å². The lowest BCUT2D eigenvalue weighted by atomic mass is 10.0. The molecule has 1 amide bonds. The molecule has 1 rings (SSSR count). The van der Waals surface area contributed by atoms with Crippen LogP contribution < -0.4 is 0 Å². The van der Waals surface area contributed by atoms with Crippen molar-refractivity contribution in [2.45, 2.75) is 57.6 Å². The van der Waals surface area contributed by atoms with Gasteiger partial charge in [0.2, 0.25) is 5.60 Å². The zero-order valence-electron chi connectivity index (χ0n) is 11.9. The van der Waals surface area contributed by atoms with Crippen molar-refractivity contribution in [2.75, 3.05) is 13.1 Å². The molecule has 0 radical (unpaired) electrons. The first kappa shape index (κ1) is 16.5. The average molecular weight is 297 g/mol. The summed E-state index contributed by atoms with van der Waals surface area (Å²) in [5.41, 5.74) is -2.71. The molecule has 1 unspecified atom stereocenters. The van der Waals surface area contributed by atoms with Crippen LogP contribution >= 0.6 is 0 Å². The van der Waals surface area contributed by atoms with Gasteiger partial charge in [-0.05, 0) is 45.8 Å². The summed E-state index contributed by atoms with van der Waals surface area (Å²) in [7, 11) is -2.50. The summed E-state index contributed by atoms with van der Waals surface area (Å²) in [6.07, 6.45) is -2.22. The van der Waals surface area contributed by atoms with E-state index in [0.29, 0.717) is 13.1 Å². The third-order valence-corrected chi connectivity index (χ3v) is 4.12. The fraction of sp³-hybridized carbons (Fsp3) is 0.917. The lowest BCUT2D eigenvalue weighted by Crippen LogP contribution is -2.61. The second kappa shape index (κ2) is 5.44. The average Bonchev–Trinajstić information content (AvgIpc) is 2.25. The van der Waals surface area contributed by atoms with Crippen molar-refractivity contribution in [3.05, 3.63) is 0 Å². The van der Waals surface area contributed by atoms with Crippen molar-refractivity contribution in [3.8, 4) is 0 Å². The molecule has 1 aliphatic heterocycles. The van der Waals surface area contributed by atoms with E-state index in [4.69, 9.17) is 4.43 Å². The van der Waals surface area contributed by atoms with Crippen LogP contribution in [0.5, 0.6) is 0 Å². The molecule has 3 nitrogen and oxygen atoms in total. The van der Waals surface area contributed by atoms with Gasteiger partial charge >= 0.3 is 6.18 Å². The highest BCUT2D eigenvalue weighted by molar-refractivity contribution is 6.70. The number of rotatable bonds is 3. The van der Waals surface area contributed by atoms with E-state index in [1.165, 1.54) is 4.90 Å². The van der Waals surface area contributed by atoms with Gasteiger partial charge in [0.1, 0.15) is 0 Å². The molecule has 112 valence electrons. The van der Waals surface area contributed by atoms with Crippen molar-refractivity contribution < 1.29 is 22.4 Å². The van der Waals surface area contributed by atoms with Crippen LogP contribution in [0.3, 0.4) is 0 Å². The molecule has 1 fully saturated rings. The molecular weight excluding hydrogens is 275 g/mol. The minimum atomic E-state index is -4.69. The molecule has 1 atom stereocenters. The first-order chi connectivity index (χ1) is 8.47. The number of nitrogens with zero attached hydrogens (tertiary/aromatic N) is 1. The highest BCUT2D eigenvalue weighted by Crippen LogP contribution is 2.37. The Labute approximate surface area is 113 Å². The van der Waals surface area contributed by atoms with Crippen LogP contribution in [-0.2, 0) is 9.22 Å². The van der Waals surface area contributed by atoms with Crippen molar-refractivity contribution in [2.24, 2.45) is 0 Å². The lowest BCUT2D eigenvalue weighted by Gasteiger charge is -2.40. The van der Waals surface area contributed by atoms with Crippen LogP contribution in [0.15, 0.2) is 0 Å². The van der Waals surface area contributed by atoms with Gasteiger partial charge in [0.15, 0.2) is 8.32 Å². The Morgan fingerprint density at radius 3 is 1.95 bits per heavy atom. The van der Waals surface area contributed by atoms with Gasteiger partial charge in [-0.3, -0.25) is 4.79 Å². The standard InChI is InChI=1S/C12H22F3NO2Si/c1-11(12(13,14)15,18-19(2,3)4)10(17)16-8-6-5-7-9-16/h5-9H2,1-4H3. The third-order valence-electron chi connectivity index (χ3n) is 3.10. The van der Waals surface area contributed by atoms with Crippen LogP contribution in [0.25, 0.3) is 0 Å². The van der Waals surface area contributed by atoms with Gasteiger partial charge in [-0.15, -0.1) is 0 Å². The SMILES string of the molecule is CC(O[Si](C)(C)C)(C(=O)N1CCCCC1)C(F)(F)F. The number of halogens is 3. The molecule has 0 saturated carbocycles. The molecule has 1 aliphatic rings. The Hall–Kier alpha value is -0.563. The quantitative estimate of drug-likeness (QED) is 0.749. The number of amides is 1. The van der Waals surface area contributed by atoms with Gasteiger partial charge in [-0.2, -0.15) is 13.2 Å². The molecule has 1 heterocycles. The van der Waals surface area contributed by atoms with Crippen LogP contribution in [-0.4, -0.2) is 44.0 Å². The van der Waals surface area contributed by atoms with E-state index in [2.05, 4.69) is 0 Å². The fourth-order valence-corrected chi connectivity index (χ4v) is 3.66. The second-order valence-corrected chi connectivity index (χ2v) is 10.5. The van der Waals surface area contributed by atoms with E-state index in [9.17, 15) is 18.0 Å². The van der Waals surface area contributed by atoms with Gasteiger partial charge in [0.05, 0.1) is 0 Å². The van der Waals surface area contributed by atoms with Gasteiger partial charge < -0.3 is 9.33 Å². The van der Waals surface area contributed by atoms with Crippen LogP contribution in [0.4, 0.5) is 13.2 Å². The molecule has 0 spiro atoms. The molecule has 0 bridgehead atoms. The van der Waals surface area contributed by atoms with Crippen molar-refractivity contribution in [1.29, 1.82) is 0 Å². The van der Waals surface area contributed by atoms with Crippen LogP contribution in [0, 0.1) is 0 Å². The Morgan fingerprint density at radius 2 is 1.58 bits per heavy atom. The van der Waals surface area contributed by atoms with Crippen LogP contribution in [0.1, 0.15) is 26.2 Å². The van der Waals surface area contributed by atoms with Gasteiger partial charge in [-0.1, -0.05) is 0 Å². The maximum atomic E-state index is 13.3. The molecule has 7 heteroatoms. The maximum absolute atomic E-state index is 13.3. The van der Waals surface area contributed by atoms with E-state index in [1.54, 1.807) is 19.6 Å². The summed E-state index contributed by atoms with van der Waals surface area (Å²) in [6, 6.07) is 0. The van der Waals surface area contributed by atoms with Gasteiger partial charge in [0, 0.05) is 13.1 Å². The highest BCUT2D eigenvalue weighted by atomic mass is 28.4. The largest absolute Gasteiger partial charge is 0.425 e. The number of piperidine rings is 1. The molecule has 0 aromatic heterocycles. The molecule has 0 aliphatic carbocycles. The van der Waals surface area contributed by atoms with E-state index in [-0.39, 0.29) is 0 Å². The van der Waals surface area contributed by atoms with Gasteiger partial charge in [-0.25, -0.2) is 0 Å². The smallest absolute Gasteiger partial charge is 0.397 e. The van der Waals surface area contributed by atoms with Gasteiger partial charge in [0.25, 0.3) is 5.91 Å². The molecule has 19 heavy (non-hydrogen) atoms. The molecule has 1 saturated heterocycles. The predicted molar refractivity (Wildman–Crippen MR) is 69.3 cm³/mol. The van der Waals surface area contributed by atoms with Crippen molar-refractivity contribution in [1.82, 2.24) is 4.90 Å². The Morgan fingerprint density at radius 1 is 1.11 bits per heavy atom. The molecule has 0 aromatic rings. The molecular formula is C12H22F3NO2Si. The number of alkyl halides is 3. The first-order valence-electron chi connectivity index (χ1n) is 6.54. The number of carbonyl (C=O) groups excluding carboxylic acids is 1. The topological polar surface area (TPSA) is 29.5 Å². The normalized spacial score (nSPS) is 21.1. The van der Waals surface area contributed by atoms with E-state index in [1.807, 2.05) is 0 Å². The minimum Gasteiger partial charge on any atom is -0.397 e. The summed E-state index contributed by atoms with van der Waals surface area (Å²) in [6.45, 7) is 6.60. The summed E-state index contributed by atoms with van der Waals surface area (Å²) in [5.74, 6) is -0.942. The number of likely N-dealkylation sites (tertiary alicyclic amines) is 1. The van der Waals surface area contributed by atoms with Crippen molar-refractivity contribution >= 4 is 14.2 Å². The van der Waals surface area contributed by atoms with E-state index >= 15 is 0 Å². The Kier molecular flexibility index (Phi) is 4.72. The zero-order chi connectivity index (χ0) is 14.9. The third kappa shape index (κ3) is 3.95. The molecule has 0 aromatic carbocycles. The number of hydrogen-bond acceptors (Lipinski definition) is 2. The summed E-state index contributed by atoms with van der Waals surface area (Å²) in [5, 5.41) is 0. The summed E-state index contributed by atoms with van der Waals surface area (Å²) in [4.78, 5) is 13.5. The predicted octanol–water partition coefficient (Wildman–Crippen LogP) is 3.17. The van der Waals surface area contributed by atoms with Crippen LogP contribution in [0.2, 0.25) is 19.6 Å². The second-order valence-electron chi connectivity index (χ2n) is 6.10. The van der Waals surface area contributed by atoms with E-state index in [0.717, 1.165) is 26.2 Å².